The molecular weight excluding hydrogens is 366 g/mol. The van der Waals surface area contributed by atoms with E-state index in [-0.39, 0.29) is 6.04 Å². The fourth-order valence-electron chi connectivity index (χ4n) is 2.71. The summed E-state index contributed by atoms with van der Waals surface area (Å²) in [6, 6.07) is 9.10. The standard InChI is InChI=1S/C18H20BrN5/c1-13(10-24-11-18(19)9-22-24)23-14(2)15-3-5-16(6-4-15)17-7-20-12-21-8-17/h3-9,11-14,23H,10H2,1-2H3. The second-order valence-corrected chi connectivity index (χ2v) is 6.83. The van der Waals surface area contributed by atoms with Crippen LogP contribution in [0.5, 0.6) is 0 Å². The Morgan fingerprint density at radius 1 is 1.04 bits per heavy atom. The number of hydrogen-bond donors (Lipinski definition) is 1. The third-order valence-electron chi connectivity index (χ3n) is 3.90. The largest absolute Gasteiger partial charge is 0.306 e. The number of nitrogens with zero attached hydrogens (tertiary/aromatic N) is 4. The first kappa shape index (κ1) is 16.8. The molecule has 0 amide bonds. The Kier molecular flexibility index (Phi) is 5.37. The van der Waals surface area contributed by atoms with Gasteiger partial charge in [0.2, 0.25) is 0 Å². The zero-order valence-electron chi connectivity index (χ0n) is 13.7. The van der Waals surface area contributed by atoms with Crippen molar-refractivity contribution >= 4 is 15.9 Å². The molecule has 2 unspecified atom stereocenters. The van der Waals surface area contributed by atoms with Gasteiger partial charge in [0.05, 0.1) is 17.2 Å². The Bertz CT molecular complexity index is 770. The summed E-state index contributed by atoms with van der Waals surface area (Å²) in [5.74, 6) is 0. The highest BCUT2D eigenvalue weighted by Crippen LogP contribution is 2.21. The lowest BCUT2D eigenvalue weighted by atomic mass is 10.0. The van der Waals surface area contributed by atoms with E-state index in [0.717, 1.165) is 22.1 Å². The Hall–Kier alpha value is -2.05. The highest BCUT2D eigenvalue weighted by atomic mass is 79.9. The molecule has 0 radical (unpaired) electrons. The average Bonchev–Trinajstić information content (AvgIpc) is 3.00. The number of nitrogens with one attached hydrogen (secondary N) is 1. The zero-order chi connectivity index (χ0) is 16.9. The molecule has 5 nitrogen and oxygen atoms in total. The van der Waals surface area contributed by atoms with Crippen LogP contribution in [0.25, 0.3) is 11.1 Å². The van der Waals surface area contributed by atoms with Crippen LogP contribution in [0.15, 0.2) is 59.9 Å². The number of halogens is 1. The summed E-state index contributed by atoms with van der Waals surface area (Å²) in [7, 11) is 0. The van der Waals surface area contributed by atoms with Gasteiger partial charge in [-0.05, 0) is 40.9 Å². The summed E-state index contributed by atoms with van der Waals surface area (Å²) in [4.78, 5) is 8.13. The lowest BCUT2D eigenvalue weighted by Crippen LogP contribution is -2.32. The minimum atomic E-state index is 0.264. The van der Waals surface area contributed by atoms with Crippen LogP contribution in [0.4, 0.5) is 0 Å². The van der Waals surface area contributed by atoms with Gasteiger partial charge in [0.1, 0.15) is 6.33 Å². The van der Waals surface area contributed by atoms with E-state index in [9.17, 15) is 0 Å². The molecule has 0 aliphatic heterocycles. The summed E-state index contributed by atoms with van der Waals surface area (Å²) < 4.78 is 2.94. The maximum Gasteiger partial charge on any atom is 0.115 e. The Balaban J connectivity index is 1.61. The summed E-state index contributed by atoms with van der Waals surface area (Å²) in [5, 5.41) is 7.91. The van der Waals surface area contributed by atoms with Gasteiger partial charge in [-0.2, -0.15) is 5.10 Å². The normalized spacial score (nSPS) is 13.6. The molecule has 0 fully saturated rings. The predicted molar refractivity (Wildman–Crippen MR) is 98.4 cm³/mol. The molecule has 0 spiro atoms. The molecule has 0 bridgehead atoms. The van der Waals surface area contributed by atoms with Crippen molar-refractivity contribution in [3.63, 3.8) is 0 Å². The summed E-state index contributed by atoms with van der Waals surface area (Å²) >= 11 is 3.42. The van der Waals surface area contributed by atoms with E-state index in [1.54, 1.807) is 6.33 Å². The van der Waals surface area contributed by atoms with Crippen molar-refractivity contribution in [1.29, 1.82) is 0 Å². The van der Waals surface area contributed by atoms with Crippen LogP contribution in [0.2, 0.25) is 0 Å². The van der Waals surface area contributed by atoms with Crippen LogP contribution in [-0.4, -0.2) is 25.8 Å². The van der Waals surface area contributed by atoms with E-state index in [1.807, 2.05) is 29.5 Å². The van der Waals surface area contributed by atoms with Crippen LogP contribution >= 0.6 is 15.9 Å². The summed E-state index contributed by atoms with van der Waals surface area (Å²) in [5.41, 5.74) is 3.41. The van der Waals surface area contributed by atoms with Crippen molar-refractivity contribution in [3.8, 4) is 11.1 Å². The SMILES string of the molecule is CC(Cn1cc(Br)cn1)NC(C)c1ccc(-c2cncnc2)cc1. The molecule has 0 aliphatic rings. The molecule has 1 aromatic carbocycles. The Morgan fingerprint density at radius 3 is 2.38 bits per heavy atom. The molecule has 6 heteroatoms. The van der Waals surface area contributed by atoms with Crippen molar-refractivity contribution in [2.45, 2.75) is 32.5 Å². The number of benzene rings is 1. The van der Waals surface area contributed by atoms with Crippen molar-refractivity contribution in [1.82, 2.24) is 25.1 Å². The lowest BCUT2D eigenvalue weighted by Gasteiger charge is -2.20. The molecule has 1 N–H and O–H groups in total. The lowest BCUT2D eigenvalue weighted by molar-refractivity contribution is 0.413. The van der Waals surface area contributed by atoms with Crippen LogP contribution in [0.1, 0.15) is 25.5 Å². The van der Waals surface area contributed by atoms with E-state index >= 15 is 0 Å². The molecule has 2 aromatic heterocycles. The summed E-state index contributed by atoms with van der Waals surface area (Å²) in [6.45, 7) is 5.17. The monoisotopic (exact) mass is 385 g/mol. The maximum atomic E-state index is 4.30. The van der Waals surface area contributed by atoms with Crippen molar-refractivity contribution in [3.05, 3.63) is 65.4 Å². The third kappa shape index (κ3) is 4.27. The highest BCUT2D eigenvalue weighted by Gasteiger charge is 2.11. The first-order valence-electron chi connectivity index (χ1n) is 7.91. The maximum absolute atomic E-state index is 4.30. The molecule has 3 rings (SSSR count). The number of rotatable bonds is 6. The van der Waals surface area contributed by atoms with E-state index < -0.39 is 0 Å². The molecule has 0 saturated heterocycles. The smallest absolute Gasteiger partial charge is 0.115 e. The minimum absolute atomic E-state index is 0.264. The Morgan fingerprint density at radius 2 is 1.75 bits per heavy atom. The van der Waals surface area contributed by atoms with Crippen molar-refractivity contribution < 1.29 is 0 Å². The van der Waals surface area contributed by atoms with Gasteiger partial charge in [-0.1, -0.05) is 24.3 Å². The second kappa shape index (κ2) is 7.68. The van der Waals surface area contributed by atoms with Crippen molar-refractivity contribution in [2.75, 3.05) is 0 Å². The Labute approximate surface area is 150 Å². The fraction of sp³-hybridized carbons (Fsp3) is 0.278. The van der Waals surface area contributed by atoms with Gasteiger partial charge in [0.25, 0.3) is 0 Å². The van der Waals surface area contributed by atoms with E-state index in [1.165, 1.54) is 5.56 Å². The van der Waals surface area contributed by atoms with Gasteiger partial charge in [-0.3, -0.25) is 4.68 Å². The first-order chi connectivity index (χ1) is 11.6. The van der Waals surface area contributed by atoms with E-state index in [0.29, 0.717) is 6.04 Å². The van der Waals surface area contributed by atoms with Gasteiger partial charge in [-0.15, -0.1) is 0 Å². The van der Waals surface area contributed by atoms with Gasteiger partial charge in [-0.25, -0.2) is 9.97 Å². The van der Waals surface area contributed by atoms with Crippen LogP contribution < -0.4 is 5.32 Å². The number of aromatic nitrogens is 4. The number of hydrogen-bond acceptors (Lipinski definition) is 4. The van der Waals surface area contributed by atoms with E-state index in [4.69, 9.17) is 0 Å². The summed E-state index contributed by atoms with van der Waals surface area (Å²) in [6.07, 6.45) is 8.99. The van der Waals surface area contributed by atoms with Gasteiger partial charge in [0, 0.05) is 36.2 Å². The molecule has 24 heavy (non-hydrogen) atoms. The third-order valence-corrected chi connectivity index (χ3v) is 4.31. The molecule has 2 atom stereocenters. The average molecular weight is 386 g/mol. The van der Waals surface area contributed by atoms with E-state index in [2.05, 4.69) is 74.4 Å². The van der Waals surface area contributed by atoms with Crippen LogP contribution in [0, 0.1) is 0 Å². The molecule has 0 saturated carbocycles. The molecule has 0 aliphatic carbocycles. The van der Waals surface area contributed by atoms with Gasteiger partial charge in [0.15, 0.2) is 0 Å². The molecule has 124 valence electrons. The highest BCUT2D eigenvalue weighted by molar-refractivity contribution is 9.10. The molecule has 2 heterocycles. The van der Waals surface area contributed by atoms with Crippen LogP contribution in [-0.2, 0) is 6.54 Å². The quantitative estimate of drug-likeness (QED) is 0.700. The van der Waals surface area contributed by atoms with Gasteiger partial charge >= 0.3 is 0 Å². The minimum Gasteiger partial charge on any atom is -0.306 e. The first-order valence-corrected chi connectivity index (χ1v) is 8.70. The van der Waals surface area contributed by atoms with Crippen molar-refractivity contribution in [2.24, 2.45) is 0 Å². The fourth-order valence-corrected chi connectivity index (χ4v) is 3.03. The van der Waals surface area contributed by atoms with Crippen LogP contribution in [0.3, 0.4) is 0 Å². The predicted octanol–water partition coefficient (Wildman–Crippen LogP) is 3.84. The molecule has 3 aromatic rings. The topological polar surface area (TPSA) is 55.6 Å². The second-order valence-electron chi connectivity index (χ2n) is 5.92. The zero-order valence-corrected chi connectivity index (χ0v) is 15.3. The molecular formula is C18H20BrN5. The van der Waals surface area contributed by atoms with Gasteiger partial charge < -0.3 is 5.32 Å².